The Hall–Kier alpha value is -6.13. The lowest BCUT2D eigenvalue weighted by atomic mass is 9.74. The van der Waals surface area contributed by atoms with Gasteiger partial charge in [0.25, 0.3) is 0 Å². The van der Waals surface area contributed by atoms with Gasteiger partial charge in [0.15, 0.2) is 0 Å². The van der Waals surface area contributed by atoms with Gasteiger partial charge in [0.05, 0.1) is 0 Å². The molecule has 1 aliphatic carbocycles. The Morgan fingerprint density at radius 3 is 1.24 bits per heavy atom. The van der Waals surface area contributed by atoms with Crippen LogP contribution in [0.4, 0.5) is 0 Å². The number of rotatable bonds is 21. The number of carboxylic acids is 4. The lowest BCUT2D eigenvalue weighted by Gasteiger charge is -2.33. The van der Waals surface area contributed by atoms with E-state index in [1.807, 2.05) is 0 Å². The second-order valence-electron chi connectivity index (χ2n) is 13.2. The van der Waals surface area contributed by atoms with Crippen LogP contribution in [0.5, 0.6) is 0 Å². The van der Waals surface area contributed by atoms with E-state index in [9.17, 15) is 53.4 Å². The van der Waals surface area contributed by atoms with E-state index < -0.39 is 115 Å². The number of amides is 4. The van der Waals surface area contributed by atoms with Crippen molar-refractivity contribution in [3.05, 3.63) is 71.8 Å². The van der Waals surface area contributed by atoms with Gasteiger partial charge in [-0.2, -0.15) is 0 Å². The Balaban J connectivity index is 1.81. The van der Waals surface area contributed by atoms with Crippen molar-refractivity contribution >= 4 is 53.8 Å². The molecule has 54 heavy (non-hydrogen) atoms. The molecular formula is C37H44N4O13. The summed E-state index contributed by atoms with van der Waals surface area (Å²) in [6, 6.07) is 11.2. The highest BCUT2D eigenvalue weighted by Crippen LogP contribution is 2.33. The average Bonchev–Trinajstić information content (AvgIpc) is 3.14. The van der Waals surface area contributed by atoms with E-state index in [0.29, 0.717) is 17.4 Å². The number of hydrogen-bond acceptors (Lipinski definition) is 9. The van der Waals surface area contributed by atoms with Gasteiger partial charge < -0.3 is 46.5 Å². The van der Waals surface area contributed by atoms with Gasteiger partial charge in [-0.25, -0.2) is 9.59 Å². The second kappa shape index (κ2) is 20.8. The Bertz CT molecular complexity index is 1550. The summed E-state index contributed by atoms with van der Waals surface area (Å²) in [5.41, 5.74) is 1.22. The fourth-order valence-corrected chi connectivity index (χ4v) is 6.19. The van der Waals surface area contributed by atoms with Crippen molar-refractivity contribution in [3.8, 4) is 0 Å². The van der Waals surface area contributed by atoms with E-state index in [4.69, 9.17) is 10.2 Å². The van der Waals surface area contributed by atoms with Gasteiger partial charge in [0.2, 0.25) is 23.6 Å². The molecule has 1 fully saturated rings. The largest absolute Gasteiger partial charge is 0.481 e. The number of aldehydes is 1. The fourth-order valence-electron chi connectivity index (χ4n) is 6.19. The molecule has 0 saturated heterocycles. The van der Waals surface area contributed by atoms with Gasteiger partial charge in [-0.3, -0.25) is 28.8 Å². The summed E-state index contributed by atoms with van der Waals surface area (Å²) in [4.78, 5) is 112. The molecule has 0 bridgehead atoms. The van der Waals surface area contributed by atoms with E-state index in [2.05, 4.69) is 21.3 Å². The zero-order chi connectivity index (χ0) is 39.8. The molecule has 3 rings (SSSR count). The molecule has 290 valence electrons. The fraction of sp³-hybridized carbons (Fsp3) is 0.432. The first-order valence-electron chi connectivity index (χ1n) is 17.3. The first kappa shape index (κ1) is 42.3. The van der Waals surface area contributed by atoms with Crippen LogP contribution in [0.2, 0.25) is 0 Å². The van der Waals surface area contributed by atoms with Crippen LogP contribution in [-0.2, 0) is 56.0 Å². The van der Waals surface area contributed by atoms with Crippen molar-refractivity contribution < 1.29 is 63.6 Å². The second-order valence-corrected chi connectivity index (χ2v) is 13.2. The van der Waals surface area contributed by atoms with Gasteiger partial charge in [-0.1, -0.05) is 60.7 Å². The van der Waals surface area contributed by atoms with E-state index in [-0.39, 0.29) is 32.1 Å². The normalized spacial score (nSPS) is 18.7. The molecule has 2 aromatic carbocycles. The topological polar surface area (TPSA) is 283 Å². The molecule has 4 amide bonds. The summed E-state index contributed by atoms with van der Waals surface area (Å²) in [5, 5.41) is 47.0. The number of nitrogens with one attached hydrogen (secondary N) is 4. The van der Waals surface area contributed by atoms with E-state index in [0.717, 1.165) is 0 Å². The maximum atomic E-state index is 13.7. The number of carbonyl (C=O) groups is 9. The first-order valence-corrected chi connectivity index (χ1v) is 17.3. The third-order valence-corrected chi connectivity index (χ3v) is 9.03. The molecule has 0 radical (unpaired) electrons. The number of carbonyl (C=O) groups excluding carboxylic acids is 5. The first-order chi connectivity index (χ1) is 25.7. The van der Waals surface area contributed by atoms with Crippen molar-refractivity contribution in [2.24, 2.45) is 17.8 Å². The van der Waals surface area contributed by atoms with E-state index in [1.54, 1.807) is 60.7 Å². The molecule has 1 aliphatic rings. The minimum Gasteiger partial charge on any atom is -0.481 e. The third-order valence-electron chi connectivity index (χ3n) is 9.03. The molecule has 17 heteroatoms. The number of hydrogen-bond donors (Lipinski definition) is 8. The summed E-state index contributed by atoms with van der Waals surface area (Å²) in [6.07, 6.45) is -1.50. The predicted octanol–water partition coefficient (Wildman–Crippen LogP) is 0.541. The van der Waals surface area contributed by atoms with Gasteiger partial charge in [-0.05, 0) is 43.2 Å². The molecule has 1 saturated carbocycles. The van der Waals surface area contributed by atoms with Crippen molar-refractivity contribution in [3.63, 3.8) is 0 Å². The molecule has 7 atom stereocenters. The quantitative estimate of drug-likeness (QED) is 0.0810. The Kier molecular flexibility index (Phi) is 16.3. The van der Waals surface area contributed by atoms with Gasteiger partial charge in [0.1, 0.15) is 30.5 Å². The molecule has 1 unspecified atom stereocenters. The molecule has 0 spiro atoms. The number of carboxylic acid groups (broad SMARTS) is 4. The van der Waals surface area contributed by atoms with Crippen LogP contribution in [0.15, 0.2) is 60.7 Å². The van der Waals surface area contributed by atoms with Crippen molar-refractivity contribution in [1.82, 2.24) is 21.3 Å². The van der Waals surface area contributed by atoms with Crippen LogP contribution >= 0.6 is 0 Å². The summed E-state index contributed by atoms with van der Waals surface area (Å²) in [6.45, 7) is 0. The standard InChI is InChI=1S/C37H44N4O13/c42-20-23-15-24(32(47)40-28(17-21-7-3-1-4-8-21)34(49)38-26(36(51)52)11-13-30(43)44)19-25(16-23)33(48)41-29(18-22-9-5-2-6-10-22)35(50)39-27(37(53)54)12-14-31(45)46/h1-10,20,23-29H,11-19H2,(H,38,49)(H,39,50)(H,40,47)(H,41,48)(H,43,44)(H,45,46)(H,51,52)(H,53,54)/t23-,24+,25-,26-,27?,28-,29-/m0/s1. The monoisotopic (exact) mass is 752 g/mol. The maximum Gasteiger partial charge on any atom is 0.326 e. The predicted molar refractivity (Wildman–Crippen MR) is 187 cm³/mol. The molecule has 0 aliphatic heterocycles. The van der Waals surface area contributed by atoms with Crippen LogP contribution in [-0.4, -0.2) is 98.4 Å². The maximum absolute atomic E-state index is 13.7. The van der Waals surface area contributed by atoms with Crippen LogP contribution in [0.1, 0.15) is 56.1 Å². The van der Waals surface area contributed by atoms with Gasteiger partial charge in [0, 0.05) is 43.4 Å². The van der Waals surface area contributed by atoms with Crippen molar-refractivity contribution in [2.45, 2.75) is 82.0 Å². The zero-order valence-corrected chi connectivity index (χ0v) is 29.2. The Labute approximate surface area is 309 Å². The summed E-state index contributed by atoms with van der Waals surface area (Å²) >= 11 is 0. The highest BCUT2D eigenvalue weighted by molar-refractivity contribution is 5.93. The van der Waals surface area contributed by atoms with Crippen molar-refractivity contribution in [2.75, 3.05) is 0 Å². The number of aliphatic carboxylic acids is 4. The summed E-state index contributed by atoms with van der Waals surface area (Å²) in [7, 11) is 0. The average molecular weight is 753 g/mol. The third kappa shape index (κ3) is 13.8. The number of benzene rings is 2. The molecule has 8 N–H and O–H groups in total. The van der Waals surface area contributed by atoms with E-state index in [1.165, 1.54) is 0 Å². The highest BCUT2D eigenvalue weighted by atomic mass is 16.4. The minimum absolute atomic E-state index is 0.0208. The van der Waals surface area contributed by atoms with Crippen molar-refractivity contribution in [1.29, 1.82) is 0 Å². The highest BCUT2D eigenvalue weighted by Gasteiger charge is 2.39. The molecule has 17 nitrogen and oxygen atoms in total. The van der Waals surface area contributed by atoms with Gasteiger partial charge >= 0.3 is 23.9 Å². The lowest BCUT2D eigenvalue weighted by Crippen LogP contribution is -2.55. The SMILES string of the molecule is O=C[C@@H]1C[C@H](C(=O)N[C@@H](Cc2ccccc2)C(=O)NC(CCC(=O)O)C(=O)O)C[C@H](C(=O)N[C@@H](Cc2ccccc2)C(=O)N[C@@H](CCC(=O)O)C(=O)O)C1. The Morgan fingerprint density at radius 1 is 0.556 bits per heavy atom. The van der Waals surface area contributed by atoms with Crippen LogP contribution in [0, 0.1) is 17.8 Å². The molecular weight excluding hydrogens is 708 g/mol. The smallest absolute Gasteiger partial charge is 0.326 e. The summed E-state index contributed by atoms with van der Waals surface area (Å²) < 4.78 is 0. The molecule has 0 heterocycles. The minimum atomic E-state index is -1.56. The zero-order valence-electron chi connectivity index (χ0n) is 29.2. The van der Waals surface area contributed by atoms with Crippen LogP contribution < -0.4 is 21.3 Å². The van der Waals surface area contributed by atoms with Crippen LogP contribution in [0.25, 0.3) is 0 Å². The Morgan fingerprint density at radius 2 is 0.926 bits per heavy atom. The van der Waals surface area contributed by atoms with Crippen LogP contribution in [0.3, 0.4) is 0 Å². The molecule has 2 aromatic rings. The van der Waals surface area contributed by atoms with Gasteiger partial charge in [-0.15, -0.1) is 0 Å². The molecule has 0 aromatic heterocycles. The van der Waals surface area contributed by atoms with E-state index >= 15 is 0 Å². The summed E-state index contributed by atoms with van der Waals surface area (Å²) in [5.74, 6) is -11.4. The lowest BCUT2D eigenvalue weighted by molar-refractivity contribution is -0.144.